The van der Waals surface area contributed by atoms with Crippen molar-refractivity contribution < 1.29 is 9.84 Å². The topological polar surface area (TPSA) is 29.5 Å². The SMILES string of the molecule is COC1CC(O)C12CCCCC2. The zero-order chi connectivity index (χ0) is 8.60. The normalized spacial score (nSPS) is 39.5. The summed E-state index contributed by atoms with van der Waals surface area (Å²) in [6, 6.07) is 0. The van der Waals surface area contributed by atoms with E-state index in [-0.39, 0.29) is 11.5 Å². The molecule has 1 N–H and O–H groups in total. The number of hydrogen-bond acceptors (Lipinski definition) is 2. The van der Waals surface area contributed by atoms with E-state index in [0.717, 1.165) is 6.42 Å². The van der Waals surface area contributed by atoms with Gasteiger partial charge in [0.2, 0.25) is 0 Å². The van der Waals surface area contributed by atoms with Crippen LogP contribution in [0, 0.1) is 5.41 Å². The van der Waals surface area contributed by atoms with Gasteiger partial charge in [-0.25, -0.2) is 0 Å². The highest BCUT2D eigenvalue weighted by Gasteiger charge is 2.54. The van der Waals surface area contributed by atoms with Gasteiger partial charge in [-0.2, -0.15) is 0 Å². The summed E-state index contributed by atoms with van der Waals surface area (Å²) in [4.78, 5) is 0. The summed E-state index contributed by atoms with van der Waals surface area (Å²) in [5, 5.41) is 9.74. The van der Waals surface area contributed by atoms with Gasteiger partial charge in [0.1, 0.15) is 0 Å². The van der Waals surface area contributed by atoms with Crippen LogP contribution in [0.4, 0.5) is 0 Å². The summed E-state index contributed by atoms with van der Waals surface area (Å²) in [6.07, 6.45) is 7.35. The molecule has 0 aromatic carbocycles. The van der Waals surface area contributed by atoms with Crippen LogP contribution in [0.25, 0.3) is 0 Å². The third-order valence-electron chi connectivity index (χ3n) is 3.81. The van der Waals surface area contributed by atoms with Gasteiger partial charge in [-0.1, -0.05) is 19.3 Å². The van der Waals surface area contributed by atoms with Gasteiger partial charge in [0, 0.05) is 18.9 Å². The number of aliphatic hydroxyl groups is 1. The van der Waals surface area contributed by atoms with Crippen molar-refractivity contribution in [1.82, 2.24) is 0 Å². The van der Waals surface area contributed by atoms with Crippen molar-refractivity contribution >= 4 is 0 Å². The molecule has 2 unspecified atom stereocenters. The first-order chi connectivity index (χ1) is 5.79. The molecule has 0 saturated heterocycles. The lowest BCUT2D eigenvalue weighted by molar-refractivity contribution is -0.195. The highest BCUT2D eigenvalue weighted by Crippen LogP contribution is 2.52. The third-order valence-corrected chi connectivity index (χ3v) is 3.81. The zero-order valence-electron chi connectivity index (χ0n) is 7.75. The Balaban J connectivity index is 2.05. The average Bonchev–Trinajstić information content (AvgIpc) is 2.15. The van der Waals surface area contributed by atoms with Gasteiger partial charge in [0.25, 0.3) is 0 Å². The van der Waals surface area contributed by atoms with Gasteiger partial charge < -0.3 is 9.84 Å². The predicted octanol–water partition coefficient (Wildman–Crippen LogP) is 1.72. The van der Waals surface area contributed by atoms with Crippen LogP contribution in [0.3, 0.4) is 0 Å². The van der Waals surface area contributed by atoms with E-state index in [1.807, 2.05) is 0 Å². The van der Waals surface area contributed by atoms with Crippen LogP contribution in [0.2, 0.25) is 0 Å². The minimum atomic E-state index is -0.0808. The maximum Gasteiger partial charge on any atom is 0.0677 e. The number of hydrogen-bond donors (Lipinski definition) is 1. The van der Waals surface area contributed by atoms with Gasteiger partial charge >= 0.3 is 0 Å². The minimum absolute atomic E-state index is 0.0808. The molecule has 2 heteroatoms. The minimum Gasteiger partial charge on any atom is -0.392 e. The molecule has 2 fully saturated rings. The fourth-order valence-electron chi connectivity index (χ4n) is 2.92. The van der Waals surface area contributed by atoms with Gasteiger partial charge in [0.05, 0.1) is 12.2 Å². The zero-order valence-corrected chi connectivity index (χ0v) is 7.75. The summed E-state index contributed by atoms with van der Waals surface area (Å²) in [5.74, 6) is 0. The Labute approximate surface area is 73.9 Å². The molecule has 2 atom stereocenters. The molecule has 0 radical (unpaired) electrons. The standard InChI is InChI=1S/C10H18O2/c1-12-9-7-8(11)10(9)5-3-2-4-6-10/h8-9,11H,2-7H2,1H3. The van der Waals surface area contributed by atoms with Crippen LogP contribution in [-0.2, 0) is 4.74 Å². The molecular weight excluding hydrogens is 152 g/mol. The monoisotopic (exact) mass is 170 g/mol. The van der Waals surface area contributed by atoms with Crippen molar-refractivity contribution in [3.8, 4) is 0 Å². The number of aliphatic hydroxyl groups excluding tert-OH is 1. The van der Waals surface area contributed by atoms with E-state index >= 15 is 0 Å². The first-order valence-corrected chi connectivity index (χ1v) is 5.00. The van der Waals surface area contributed by atoms with Crippen LogP contribution in [0.15, 0.2) is 0 Å². The number of rotatable bonds is 1. The maximum absolute atomic E-state index is 9.74. The molecule has 2 nitrogen and oxygen atoms in total. The molecule has 2 saturated carbocycles. The lowest BCUT2D eigenvalue weighted by Crippen LogP contribution is -2.58. The van der Waals surface area contributed by atoms with Crippen molar-refractivity contribution in [2.75, 3.05) is 7.11 Å². The predicted molar refractivity (Wildman–Crippen MR) is 46.9 cm³/mol. The van der Waals surface area contributed by atoms with Crippen LogP contribution >= 0.6 is 0 Å². The third kappa shape index (κ3) is 1.01. The van der Waals surface area contributed by atoms with Gasteiger partial charge in [-0.05, 0) is 12.8 Å². The Morgan fingerprint density at radius 3 is 2.42 bits per heavy atom. The van der Waals surface area contributed by atoms with E-state index in [4.69, 9.17) is 4.74 Å². The van der Waals surface area contributed by atoms with Crippen molar-refractivity contribution in [2.45, 2.75) is 50.7 Å². The molecule has 2 aliphatic carbocycles. The van der Waals surface area contributed by atoms with Gasteiger partial charge in [0.15, 0.2) is 0 Å². The first-order valence-electron chi connectivity index (χ1n) is 5.00. The lowest BCUT2D eigenvalue weighted by atomic mass is 9.56. The Kier molecular flexibility index (Phi) is 2.13. The fourth-order valence-corrected chi connectivity index (χ4v) is 2.92. The molecule has 2 rings (SSSR count). The second-order valence-electron chi connectivity index (χ2n) is 4.27. The summed E-state index contributed by atoms with van der Waals surface area (Å²) in [7, 11) is 1.77. The van der Waals surface area contributed by atoms with Crippen LogP contribution < -0.4 is 0 Å². The highest BCUT2D eigenvalue weighted by atomic mass is 16.5. The van der Waals surface area contributed by atoms with Crippen LogP contribution in [-0.4, -0.2) is 24.4 Å². The smallest absolute Gasteiger partial charge is 0.0677 e. The molecule has 12 heavy (non-hydrogen) atoms. The second kappa shape index (κ2) is 3.00. The Bertz CT molecular complexity index is 161. The van der Waals surface area contributed by atoms with E-state index in [1.54, 1.807) is 7.11 Å². The fraction of sp³-hybridized carbons (Fsp3) is 1.00. The van der Waals surface area contributed by atoms with E-state index in [2.05, 4.69) is 0 Å². The molecule has 1 spiro atoms. The van der Waals surface area contributed by atoms with Gasteiger partial charge in [-0.3, -0.25) is 0 Å². The molecule has 70 valence electrons. The molecule has 0 aromatic rings. The molecule has 0 aromatic heterocycles. The van der Waals surface area contributed by atoms with Crippen molar-refractivity contribution in [1.29, 1.82) is 0 Å². The van der Waals surface area contributed by atoms with Crippen molar-refractivity contribution in [2.24, 2.45) is 5.41 Å². The highest BCUT2D eigenvalue weighted by molar-refractivity contribution is 5.04. The van der Waals surface area contributed by atoms with Gasteiger partial charge in [-0.15, -0.1) is 0 Å². The number of ether oxygens (including phenoxy) is 1. The largest absolute Gasteiger partial charge is 0.392 e. The van der Waals surface area contributed by atoms with Crippen molar-refractivity contribution in [3.63, 3.8) is 0 Å². The Morgan fingerprint density at radius 2 is 1.92 bits per heavy atom. The molecule has 0 bridgehead atoms. The Morgan fingerprint density at radius 1 is 1.25 bits per heavy atom. The quantitative estimate of drug-likeness (QED) is 0.649. The first kappa shape index (κ1) is 8.52. The Hall–Kier alpha value is -0.0800. The number of methoxy groups -OCH3 is 1. The van der Waals surface area contributed by atoms with E-state index in [9.17, 15) is 5.11 Å². The second-order valence-corrected chi connectivity index (χ2v) is 4.27. The summed E-state index contributed by atoms with van der Waals surface area (Å²) < 4.78 is 5.39. The molecule has 0 amide bonds. The lowest BCUT2D eigenvalue weighted by Gasteiger charge is -2.54. The maximum atomic E-state index is 9.74. The average molecular weight is 170 g/mol. The van der Waals surface area contributed by atoms with E-state index in [0.29, 0.717) is 6.10 Å². The molecule has 0 aliphatic heterocycles. The van der Waals surface area contributed by atoms with E-state index < -0.39 is 0 Å². The molecule has 0 heterocycles. The summed E-state index contributed by atoms with van der Waals surface area (Å²) in [6.45, 7) is 0. The molecule has 2 aliphatic rings. The summed E-state index contributed by atoms with van der Waals surface area (Å²) >= 11 is 0. The molecular formula is C10H18O2. The van der Waals surface area contributed by atoms with Crippen molar-refractivity contribution in [3.05, 3.63) is 0 Å². The van der Waals surface area contributed by atoms with E-state index in [1.165, 1.54) is 32.1 Å². The van der Waals surface area contributed by atoms with Crippen LogP contribution in [0.1, 0.15) is 38.5 Å². The summed E-state index contributed by atoms with van der Waals surface area (Å²) in [5.41, 5.74) is 0.160. The van der Waals surface area contributed by atoms with Crippen LogP contribution in [0.5, 0.6) is 0 Å².